The lowest BCUT2D eigenvalue weighted by atomic mass is 9.89. The number of amides is 2. The van der Waals surface area contributed by atoms with Crippen LogP contribution in [0.15, 0.2) is 103 Å². The fourth-order valence-corrected chi connectivity index (χ4v) is 6.23. The van der Waals surface area contributed by atoms with Crippen molar-refractivity contribution >= 4 is 35.4 Å². The van der Waals surface area contributed by atoms with Gasteiger partial charge in [0.1, 0.15) is 6.29 Å². The molecule has 5 aromatic carbocycles. The number of alkyl halides is 3. The highest BCUT2D eigenvalue weighted by atomic mass is 35.5. The Balaban J connectivity index is 1.41. The van der Waals surface area contributed by atoms with Crippen molar-refractivity contribution < 1.29 is 27.6 Å². The molecular formula is C41H36ClF3N2O3. The van der Waals surface area contributed by atoms with E-state index in [1.54, 1.807) is 37.3 Å². The number of nitrogens with one attached hydrogen (secondary N) is 2. The van der Waals surface area contributed by atoms with Crippen molar-refractivity contribution in [1.82, 2.24) is 5.32 Å². The maximum Gasteiger partial charge on any atom is 0.416 e. The predicted molar refractivity (Wildman–Crippen MR) is 193 cm³/mol. The normalized spacial score (nSPS) is 11.9. The molecule has 0 bridgehead atoms. The number of hydrogen-bond donors (Lipinski definition) is 2. The summed E-state index contributed by atoms with van der Waals surface area (Å²) in [7, 11) is 0. The smallest absolute Gasteiger partial charge is 0.352 e. The van der Waals surface area contributed by atoms with Crippen molar-refractivity contribution in [1.29, 1.82) is 0 Å². The summed E-state index contributed by atoms with van der Waals surface area (Å²) in [6.07, 6.45) is -3.18. The Hall–Kier alpha value is -5.21. The second-order valence-corrected chi connectivity index (χ2v) is 12.7. The first-order valence-corrected chi connectivity index (χ1v) is 16.5. The van der Waals surface area contributed by atoms with Gasteiger partial charge in [-0.25, -0.2) is 0 Å². The van der Waals surface area contributed by atoms with E-state index in [2.05, 4.69) is 42.7 Å². The highest BCUT2D eigenvalue weighted by Gasteiger charge is 2.31. The highest BCUT2D eigenvalue weighted by Crippen LogP contribution is 2.37. The van der Waals surface area contributed by atoms with Crippen molar-refractivity contribution in [2.75, 3.05) is 11.9 Å². The SMILES string of the molecule is Cc1ccc(-c2ccc(C(Cc3ccc(C(=O)NCCC=O)cc3)C(=O)Nc3ccc(-c4ccc(C(F)(F)F)cc4Cl)c(C)c3)cc2)c(C)c1. The minimum absolute atomic E-state index is 0.0199. The molecule has 0 saturated heterocycles. The summed E-state index contributed by atoms with van der Waals surface area (Å²) < 4.78 is 39.6. The molecule has 0 heterocycles. The third-order valence-corrected chi connectivity index (χ3v) is 8.92. The summed E-state index contributed by atoms with van der Waals surface area (Å²) in [4.78, 5) is 37.1. The van der Waals surface area contributed by atoms with E-state index < -0.39 is 17.7 Å². The van der Waals surface area contributed by atoms with Crippen LogP contribution in [0.25, 0.3) is 22.3 Å². The zero-order valence-electron chi connectivity index (χ0n) is 27.8. The number of aryl methyl sites for hydroxylation is 3. The first-order valence-electron chi connectivity index (χ1n) is 16.1. The molecule has 0 aliphatic carbocycles. The molecule has 0 aliphatic rings. The molecule has 0 fully saturated rings. The van der Waals surface area contributed by atoms with Crippen molar-refractivity contribution in [2.24, 2.45) is 0 Å². The molecule has 50 heavy (non-hydrogen) atoms. The lowest BCUT2D eigenvalue weighted by Crippen LogP contribution is -2.25. The van der Waals surface area contributed by atoms with Crippen LogP contribution < -0.4 is 10.6 Å². The average Bonchev–Trinajstić information content (AvgIpc) is 3.07. The van der Waals surface area contributed by atoms with E-state index in [0.717, 1.165) is 51.8 Å². The first kappa shape index (κ1) is 36.1. The Morgan fingerprint density at radius 3 is 2.06 bits per heavy atom. The Kier molecular flexibility index (Phi) is 11.2. The van der Waals surface area contributed by atoms with Gasteiger partial charge in [-0.1, -0.05) is 83.9 Å². The molecule has 256 valence electrons. The zero-order chi connectivity index (χ0) is 36.0. The standard InChI is InChI=1S/C41H36ClF3N2O3/c1-25-5-16-34(26(2)21-25)29-10-12-30(13-11-29)37(23-28-6-8-31(9-7-28)39(49)46-19-4-20-48)40(50)47-33-15-18-35(27(3)22-33)36-17-14-32(24-38(36)42)41(43,44)45/h5-18,20-22,24,37H,4,19,23H2,1-3H3,(H,46,49)(H,47,50). The van der Waals surface area contributed by atoms with Gasteiger partial charge in [-0.05, 0) is 103 Å². The van der Waals surface area contributed by atoms with Crippen molar-refractivity contribution in [3.05, 3.63) is 147 Å². The van der Waals surface area contributed by atoms with Gasteiger partial charge in [-0.3, -0.25) is 9.59 Å². The third-order valence-electron chi connectivity index (χ3n) is 8.61. The van der Waals surface area contributed by atoms with Crippen LogP contribution in [0.4, 0.5) is 18.9 Å². The van der Waals surface area contributed by atoms with E-state index in [0.29, 0.717) is 28.8 Å². The van der Waals surface area contributed by atoms with E-state index in [1.807, 2.05) is 36.4 Å². The van der Waals surface area contributed by atoms with E-state index >= 15 is 0 Å². The molecule has 0 aliphatic heterocycles. The molecule has 0 aromatic heterocycles. The number of anilines is 1. The lowest BCUT2D eigenvalue weighted by molar-refractivity contribution is -0.137. The molecule has 5 aromatic rings. The van der Waals surface area contributed by atoms with Crippen molar-refractivity contribution in [3.8, 4) is 22.3 Å². The van der Waals surface area contributed by atoms with Crippen molar-refractivity contribution in [2.45, 2.75) is 45.7 Å². The van der Waals surface area contributed by atoms with Gasteiger partial charge in [-0.15, -0.1) is 0 Å². The fourth-order valence-electron chi connectivity index (χ4n) is 5.95. The topological polar surface area (TPSA) is 75.3 Å². The number of carbonyl (C=O) groups excluding carboxylic acids is 3. The molecule has 2 amide bonds. The lowest BCUT2D eigenvalue weighted by Gasteiger charge is -2.19. The van der Waals surface area contributed by atoms with Gasteiger partial charge in [0.2, 0.25) is 5.91 Å². The van der Waals surface area contributed by atoms with Crippen molar-refractivity contribution in [3.63, 3.8) is 0 Å². The van der Waals surface area contributed by atoms with Crippen LogP contribution in [-0.4, -0.2) is 24.6 Å². The summed E-state index contributed by atoms with van der Waals surface area (Å²) in [5.41, 5.74) is 8.09. The molecule has 0 saturated carbocycles. The van der Waals surface area contributed by atoms with E-state index in [-0.39, 0.29) is 29.8 Å². The maximum absolute atomic E-state index is 14.0. The van der Waals surface area contributed by atoms with Crippen LogP contribution in [0.1, 0.15) is 56.1 Å². The summed E-state index contributed by atoms with van der Waals surface area (Å²) in [5, 5.41) is 5.71. The van der Waals surface area contributed by atoms with Gasteiger partial charge in [0.25, 0.3) is 5.91 Å². The molecule has 0 radical (unpaired) electrons. The van der Waals surface area contributed by atoms with Gasteiger partial charge in [-0.2, -0.15) is 13.2 Å². The molecule has 0 spiro atoms. The molecule has 2 N–H and O–H groups in total. The number of aldehydes is 1. The minimum Gasteiger partial charge on any atom is -0.352 e. The van der Waals surface area contributed by atoms with E-state index in [4.69, 9.17) is 11.6 Å². The summed E-state index contributed by atoms with van der Waals surface area (Å²) in [5.74, 6) is -1.13. The molecule has 9 heteroatoms. The van der Waals surface area contributed by atoms with Gasteiger partial charge in [0.05, 0.1) is 11.5 Å². The van der Waals surface area contributed by atoms with Crippen LogP contribution in [0.3, 0.4) is 0 Å². The van der Waals surface area contributed by atoms with Crippen LogP contribution in [0.2, 0.25) is 5.02 Å². The molecule has 1 unspecified atom stereocenters. The Bertz CT molecular complexity index is 2020. The fraction of sp³-hybridized carbons (Fsp3) is 0.195. The van der Waals surface area contributed by atoms with Gasteiger partial charge in [0.15, 0.2) is 0 Å². The Morgan fingerprint density at radius 2 is 1.44 bits per heavy atom. The largest absolute Gasteiger partial charge is 0.416 e. The van der Waals surface area contributed by atoms with Crippen LogP contribution in [0.5, 0.6) is 0 Å². The minimum atomic E-state index is -4.50. The maximum atomic E-state index is 14.0. The predicted octanol–water partition coefficient (Wildman–Crippen LogP) is 9.90. The zero-order valence-corrected chi connectivity index (χ0v) is 28.6. The molecule has 5 rings (SSSR count). The summed E-state index contributed by atoms with van der Waals surface area (Å²) in [6.45, 7) is 6.17. The summed E-state index contributed by atoms with van der Waals surface area (Å²) in [6, 6.07) is 29.7. The average molecular weight is 697 g/mol. The second kappa shape index (κ2) is 15.6. The van der Waals surface area contributed by atoms with Gasteiger partial charge < -0.3 is 15.4 Å². The number of halogens is 4. The molecular weight excluding hydrogens is 661 g/mol. The van der Waals surface area contributed by atoms with Gasteiger partial charge in [0, 0.05) is 34.8 Å². The van der Waals surface area contributed by atoms with Crippen LogP contribution >= 0.6 is 11.6 Å². The van der Waals surface area contributed by atoms with Crippen LogP contribution in [-0.2, 0) is 22.2 Å². The third kappa shape index (κ3) is 8.68. The molecule has 5 nitrogen and oxygen atoms in total. The number of carbonyl (C=O) groups is 3. The summed E-state index contributed by atoms with van der Waals surface area (Å²) >= 11 is 6.27. The van der Waals surface area contributed by atoms with Crippen LogP contribution in [0, 0.1) is 20.8 Å². The van der Waals surface area contributed by atoms with Gasteiger partial charge >= 0.3 is 6.18 Å². The Labute approximate surface area is 294 Å². The van der Waals surface area contributed by atoms with E-state index in [9.17, 15) is 27.6 Å². The molecule has 1 atom stereocenters. The number of rotatable bonds is 11. The second-order valence-electron chi connectivity index (χ2n) is 12.3. The van der Waals surface area contributed by atoms with E-state index in [1.165, 1.54) is 11.6 Å². The Morgan fingerprint density at radius 1 is 0.780 bits per heavy atom. The monoisotopic (exact) mass is 696 g/mol. The highest BCUT2D eigenvalue weighted by molar-refractivity contribution is 6.33. The number of hydrogen-bond acceptors (Lipinski definition) is 3. The number of benzene rings is 5. The quantitative estimate of drug-likeness (QED) is 0.107. The first-order chi connectivity index (χ1) is 23.8.